The van der Waals surface area contributed by atoms with E-state index in [-0.39, 0.29) is 5.82 Å². The molecule has 3 aliphatic carbocycles. The fourth-order valence-corrected chi connectivity index (χ4v) is 6.79. The van der Waals surface area contributed by atoms with Crippen LogP contribution in [0.5, 0.6) is 5.75 Å². The van der Waals surface area contributed by atoms with Crippen molar-refractivity contribution in [2.45, 2.75) is 83.5 Å². The van der Waals surface area contributed by atoms with Crippen molar-refractivity contribution in [1.29, 1.82) is 0 Å². The average molecular weight is 399 g/mol. The van der Waals surface area contributed by atoms with Crippen LogP contribution in [0, 0.1) is 35.4 Å². The van der Waals surface area contributed by atoms with Crippen molar-refractivity contribution in [3.05, 3.63) is 42.2 Å². The largest absolute Gasteiger partial charge is 0.489 e. The zero-order valence-electron chi connectivity index (χ0n) is 18.3. The lowest BCUT2D eigenvalue weighted by molar-refractivity contribution is 0.0712. The molecule has 0 aromatic heterocycles. The van der Waals surface area contributed by atoms with Crippen LogP contribution in [0.1, 0.15) is 89.0 Å². The maximum atomic E-state index is 14.7. The van der Waals surface area contributed by atoms with Gasteiger partial charge in [-0.1, -0.05) is 44.9 Å². The highest BCUT2D eigenvalue weighted by molar-refractivity contribution is 5.31. The molecule has 29 heavy (non-hydrogen) atoms. The highest BCUT2D eigenvalue weighted by Crippen LogP contribution is 2.51. The van der Waals surface area contributed by atoms with Crippen LogP contribution >= 0.6 is 0 Å². The summed E-state index contributed by atoms with van der Waals surface area (Å²) < 4.78 is 20.2. The quantitative estimate of drug-likeness (QED) is 0.442. The molecule has 0 N–H and O–H groups in total. The molecule has 1 nitrogen and oxygen atoms in total. The van der Waals surface area contributed by atoms with E-state index in [2.05, 4.69) is 13.5 Å². The highest BCUT2D eigenvalue weighted by Gasteiger charge is 2.39. The molecule has 3 aliphatic rings. The predicted octanol–water partition coefficient (Wildman–Crippen LogP) is 7.91. The second kappa shape index (κ2) is 9.67. The first-order valence-corrected chi connectivity index (χ1v) is 12.2. The smallest absolute Gasteiger partial charge is 0.130 e. The van der Waals surface area contributed by atoms with E-state index in [9.17, 15) is 4.39 Å². The van der Waals surface area contributed by atoms with E-state index in [4.69, 9.17) is 4.74 Å². The number of rotatable bonds is 6. The summed E-state index contributed by atoms with van der Waals surface area (Å²) in [6.45, 7) is 6.44. The molecular weight excluding hydrogens is 359 g/mol. The second-order valence-corrected chi connectivity index (χ2v) is 10.1. The molecular formula is C27H39FO. The fourth-order valence-electron chi connectivity index (χ4n) is 6.79. The zero-order chi connectivity index (χ0) is 20.2. The van der Waals surface area contributed by atoms with Gasteiger partial charge in [-0.25, -0.2) is 4.39 Å². The van der Waals surface area contributed by atoms with E-state index < -0.39 is 0 Å². The molecule has 0 bridgehead atoms. The molecule has 160 valence electrons. The van der Waals surface area contributed by atoms with Crippen LogP contribution in [0.25, 0.3) is 0 Å². The molecule has 4 atom stereocenters. The minimum atomic E-state index is -0.0867. The van der Waals surface area contributed by atoms with Gasteiger partial charge in [0.2, 0.25) is 0 Å². The number of benzene rings is 1. The van der Waals surface area contributed by atoms with E-state index in [1.165, 1.54) is 64.2 Å². The Morgan fingerprint density at radius 1 is 0.931 bits per heavy atom. The summed E-state index contributed by atoms with van der Waals surface area (Å²) in [6, 6.07) is 5.46. The molecule has 1 aromatic rings. The normalized spacial score (nSPS) is 35.0. The number of hydrogen-bond acceptors (Lipinski definition) is 1. The minimum Gasteiger partial charge on any atom is -0.489 e. The van der Waals surface area contributed by atoms with Gasteiger partial charge in [0.1, 0.15) is 18.2 Å². The average Bonchev–Trinajstić information content (AvgIpc) is 2.77. The molecule has 3 saturated carbocycles. The van der Waals surface area contributed by atoms with Crippen molar-refractivity contribution < 1.29 is 9.13 Å². The van der Waals surface area contributed by atoms with E-state index in [1.807, 2.05) is 12.1 Å². The third-order valence-corrected chi connectivity index (χ3v) is 8.57. The first-order valence-electron chi connectivity index (χ1n) is 12.2. The van der Waals surface area contributed by atoms with E-state index in [0.29, 0.717) is 18.3 Å². The van der Waals surface area contributed by atoms with Gasteiger partial charge >= 0.3 is 0 Å². The lowest BCUT2D eigenvalue weighted by atomic mass is 9.60. The van der Waals surface area contributed by atoms with Crippen molar-refractivity contribution in [3.63, 3.8) is 0 Å². The molecule has 1 aromatic carbocycles. The van der Waals surface area contributed by atoms with Crippen LogP contribution in [0.4, 0.5) is 4.39 Å². The lowest BCUT2D eigenvalue weighted by Crippen LogP contribution is -2.34. The molecule has 3 fully saturated rings. The van der Waals surface area contributed by atoms with Gasteiger partial charge in [-0.15, -0.1) is 0 Å². The van der Waals surface area contributed by atoms with Crippen molar-refractivity contribution in [2.75, 3.05) is 6.61 Å². The summed E-state index contributed by atoms with van der Waals surface area (Å²) >= 11 is 0. The monoisotopic (exact) mass is 398 g/mol. The van der Waals surface area contributed by atoms with Crippen molar-refractivity contribution >= 4 is 0 Å². The Balaban J connectivity index is 1.32. The number of hydrogen-bond donors (Lipinski definition) is 0. The van der Waals surface area contributed by atoms with E-state index in [0.717, 1.165) is 41.6 Å². The standard InChI is InChI=1S/C27H39FO/c1-3-15-29-25-13-14-26(27(28)18-25)24-12-11-22-16-21(9-10-23(22)17-24)20-7-5-19(4-2)6-8-20/h3,13-14,18-24H,1,4-12,15-17H2,2H3. The summed E-state index contributed by atoms with van der Waals surface area (Å²) in [4.78, 5) is 0. The summed E-state index contributed by atoms with van der Waals surface area (Å²) in [5.74, 6) is 5.60. The number of ether oxygens (including phenoxy) is 1. The Bertz CT molecular complexity index is 675. The third-order valence-electron chi connectivity index (χ3n) is 8.57. The Hall–Kier alpha value is -1.31. The maximum absolute atomic E-state index is 14.7. The van der Waals surface area contributed by atoms with Crippen LogP contribution in [-0.4, -0.2) is 6.61 Å². The summed E-state index contributed by atoms with van der Waals surface area (Å²) in [5, 5.41) is 0. The van der Waals surface area contributed by atoms with E-state index in [1.54, 1.807) is 12.1 Å². The Morgan fingerprint density at radius 2 is 1.59 bits per heavy atom. The molecule has 4 rings (SSSR count). The van der Waals surface area contributed by atoms with Crippen molar-refractivity contribution in [1.82, 2.24) is 0 Å². The highest BCUT2D eigenvalue weighted by atomic mass is 19.1. The molecule has 2 heteroatoms. The van der Waals surface area contributed by atoms with Crippen LogP contribution < -0.4 is 4.74 Å². The van der Waals surface area contributed by atoms with Gasteiger partial charge in [0.25, 0.3) is 0 Å². The summed E-state index contributed by atoms with van der Waals surface area (Å²) in [5.41, 5.74) is 0.911. The third kappa shape index (κ3) is 4.89. The van der Waals surface area contributed by atoms with Crippen LogP contribution in [-0.2, 0) is 0 Å². The molecule has 4 unspecified atom stereocenters. The van der Waals surface area contributed by atoms with Gasteiger partial charge in [0, 0.05) is 6.07 Å². The van der Waals surface area contributed by atoms with Gasteiger partial charge < -0.3 is 4.74 Å². The Kier molecular flexibility index (Phi) is 6.98. The lowest BCUT2D eigenvalue weighted by Gasteiger charge is -2.45. The summed E-state index contributed by atoms with van der Waals surface area (Å²) in [6.07, 6.45) is 16.9. The van der Waals surface area contributed by atoms with Crippen molar-refractivity contribution in [2.24, 2.45) is 29.6 Å². The molecule has 0 spiro atoms. The van der Waals surface area contributed by atoms with Crippen LogP contribution in [0.3, 0.4) is 0 Å². The molecule has 0 amide bonds. The number of halogens is 1. The van der Waals surface area contributed by atoms with Gasteiger partial charge in [-0.05, 0) is 98.5 Å². The van der Waals surface area contributed by atoms with Gasteiger partial charge in [0.05, 0.1) is 0 Å². The van der Waals surface area contributed by atoms with E-state index >= 15 is 0 Å². The molecule has 0 aliphatic heterocycles. The SMILES string of the molecule is C=CCOc1ccc(C2CCC3CC(C4CCC(CC)CC4)CCC3C2)c(F)c1. The van der Waals surface area contributed by atoms with Gasteiger partial charge in [-0.2, -0.15) is 0 Å². The second-order valence-electron chi connectivity index (χ2n) is 10.1. The topological polar surface area (TPSA) is 9.23 Å². The van der Waals surface area contributed by atoms with Gasteiger partial charge in [0.15, 0.2) is 0 Å². The van der Waals surface area contributed by atoms with Gasteiger partial charge in [-0.3, -0.25) is 0 Å². The first kappa shape index (κ1) is 20.9. The minimum absolute atomic E-state index is 0.0867. The Morgan fingerprint density at radius 3 is 2.28 bits per heavy atom. The molecule has 0 radical (unpaired) electrons. The zero-order valence-corrected chi connectivity index (χ0v) is 18.3. The van der Waals surface area contributed by atoms with Crippen LogP contribution in [0.15, 0.2) is 30.9 Å². The summed E-state index contributed by atoms with van der Waals surface area (Å²) in [7, 11) is 0. The number of fused-ring (bicyclic) bond motifs is 1. The van der Waals surface area contributed by atoms with Crippen LogP contribution in [0.2, 0.25) is 0 Å². The predicted molar refractivity (Wildman–Crippen MR) is 119 cm³/mol. The first-order chi connectivity index (χ1) is 14.2. The molecule has 0 saturated heterocycles. The molecule has 0 heterocycles. The Labute approximate surface area is 177 Å². The fraction of sp³-hybridized carbons (Fsp3) is 0.704. The van der Waals surface area contributed by atoms with Crippen molar-refractivity contribution in [3.8, 4) is 5.75 Å². The maximum Gasteiger partial charge on any atom is 0.130 e.